The number of fused-ring (bicyclic) bond motifs is 1. The number of aromatic nitrogens is 1. The van der Waals surface area contributed by atoms with Crippen molar-refractivity contribution in [2.75, 3.05) is 26.2 Å². The van der Waals surface area contributed by atoms with Gasteiger partial charge in [-0.1, -0.05) is 13.8 Å². The van der Waals surface area contributed by atoms with Crippen molar-refractivity contribution >= 4 is 10.9 Å². The molecule has 92 valence electrons. The Morgan fingerprint density at radius 3 is 2.76 bits per heavy atom. The second kappa shape index (κ2) is 5.73. The maximum atomic E-state index is 5.76. The van der Waals surface area contributed by atoms with Gasteiger partial charge in [-0.3, -0.25) is 0 Å². The largest absolute Gasteiger partial charge is 0.492 e. The Labute approximate surface area is 102 Å². The molecule has 0 bridgehead atoms. The maximum absolute atomic E-state index is 5.76. The molecular weight excluding hydrogens is 212 g/mol. The maximum Gasteiger partial charge on any atom is 0.121 e. The number of hydrogen-bond acceptors (Lipinski definition) is 2. The Morgan fingerprint density at radius 1 is 1.18 bits per heavy atom. The minimum atomic E-state index is 0.744. The molecule has 3 heteroatoms. The number of likely N-dealkylation sites (N-methyl/N-ethyl adjacent to an activating group) is 1. The van der Waals surface area contributed by atoms with Crippen LogP contribution in [0.2, 0.25) is 0 Å². The highest BCUT2D eigenvalue weighted by Gasteiger charge is 2.01. The zero-order chi connectivity index (χ0) is 12.1. The number of nitrogens with one attached hydrogen (secondary N) is 1. The average Bonchev–Trinajstić information content (AvgIpc) is 2.82. The highest BCUT2D eigenvalue weighted by molar-refractivity contribution is 5.80. The summed E-state index contributed by atoms with van der Waals surface area (Å²) in [5.41, 5.74) is 1.13. The first-order valence-corrected chi connectivity index (χ1v) is 6.25. The molecular formula is C14H20N2O. The van der Waals surface area contributed by atoms with Crippen LogP contribution in [0.1, 0.15) is 13.8 Å². The normalized spacial score (nSPS) is 11.2. The summed E-state index contributed by atoms with van der Waals surface area (Å²) in [6.45, 7) is 8.23. The Bertz CT molecular complexity index is 460. The lowest BCUT2D eigenvalue weighted by molar-refractivity contribution is 0.223. The third kappa shape index (κ3) is 3.01. The number of ether oxygens (including phenoxy) is 1. The van der Waals surface area contributed by atoms with Crippen molar-refractivity contribution in [2.45, 2.75) is 13.8 Å². The first-order chi connectivity index (χ1) is 8.33. The summed E-state index contributed by atoms with van der Waals surface area (Å²) < 4.78 is 5.76. The van der Waals surface area contributed by atoms with Crippen LogP contribution in [0.3, 0.4) is 0 Å². The molecule has 1 heterocycles. The van der Waals surface area contributed by atoms with Gasteiger partial charge in [0.15, 0.2) is 0 Å². The molecule has 0 unspecified atom stereocenters. The van der Waals surface area contributed by atoms with Crippen molar-refractivity contribution in [2.24, 2.45) is 0 Å². The van der Waals surface area contributed by atoms with Crippen molar-refractivity contribution < 1.29 is 4.74 Å². The molecule has 0 atom stereocenters. The van der Waals surface area contributed by atoms with E-state index in [2.05, 4.69) is 41.9 Å². The monoisotopic (exact) mass is 232 g/mol. The second-order valence-corrected chi connectivity index (χ2v) is 4.10. The molecule has 17 heavy (non-hydrogen) atoms. The summed E-state index contributed by atoms with van der Waals surface area (Å²) in [4.78, 5) is 5.55. The fourth-order valence-corrected chi connectivity index (χ4v) is 1.95. The van der Waals surface area contributed by atoms with Crippen molar-refractivity contribution in [3.63, 3.8) is 0 Å². The molecule has 0 saturated heterocycles. The summed E-state index contributed by atoms with van der Waals surface area (Å²) in [7, 11) is 0. The molecule has 0 radical (unpaired) electrons. The predicted molar refractivity (Wildman–Crippen MR) is 71.6 cm³/mol. The highest BCUT2D eigenvalue weighted by Crippen LogP contribution is 2.19. The molecule has 0 aliphatic carbocycles. The molecule has 0 fully saturated rings. The van der Waals surface area contributed by atoms with Crippen LogP contribution >= 0.6 is 0 Å². The van der Waals surface area contributed by atoms with Crippen molar-refractivity contribution in [3.8, 4) is 5.75 Å². The molecule has 1 N–H and O–H groups in total. The Morgan fingerprint density at radius 2 is 2.00 bits per heavy atom. The zero-order valence-electron chi connectivity index (χ0n) is 10.6. The molecule has 0 spiro atoms. The van der Waals surface area contributed by atoms with Gasteiger partial charge in [0.05, 0.1) is 0 Å². The van der Waals surface area contributed by atoms with Gasteiger partial charge in [-0.05, 0) is 36.7 Å². The zero-order valence-corrected chi connectivity index (χ0v) is 10.6. The van der Waals surface area contributed by atoms with Crippen molar-refractivity contribution in [3.05, 3.63) is 30.5 Å². The van der Waals surface area contributed by atoms with Gasteiger partial charge in [0.25, 0.3) is 0 Å². The second-order valence-electron chi connectivity index (χ2n) is 4.10. The smallest absolute Gasteiger partial charge is 0.121 e. The van der Waals surface area contributed by atoms with E-state index in [-0.39, 0.29) is 0 Å². The number of rotatable bonds is 6. The van der Waals surface area contributed by atoms with E-state index in [1.165, 1.54) is 5.39 Å². The number of benzene rings is 1. The quantitative estimate of drug-likeness (QED) is 0.829. The van der Waals surface area contributed by atoms with Gasteiger partial charge >= 0.3 is 0 Å². The van der Waals surface area contributed by atoms with Gasteiger partial charge < -0.3 is 14.6 Å². The molecule has 1 aromatic heterocycles. The van der Waals surface area contributed by atoms with E-state index in [0.29, 0.717) is 0 Å². The molecule has 2 aromatic rings. The number of hydrogen-bond donors (Lipinski definition) is 1. The third-order valence-corrected chi connectivity index (χ3v) is 3.10. The fraction of sp³-hybridized carbons (Fsp3) is 0.429. The van der Waals surface area contributed by atoms with Crippen LogP contribution in [-0.2, 0) is 0 Å². The Balaban J connectivity index is 1.90. The van der Waals surface area contributed by atoms with E-state index in [4.69, 9.17) is 4.74 Å². The summed E-state index contributed by atoms with van der Waals surface area (Å²) in [6, 6.07) is 8.23. The first kappa shape index (κ1) is 12.0. The van der Waals surface area contributed by atoms with Gasteiger partial charge in [0, 0.05) is 24.3 Å². The lowest BCUT2D eigenvalue weighted by Crippen LogP contribution is -2.27. The number of H-pyrrole nitrogens is 1. The van der Waals surface area contributed by atoms with Crippen molar-refractivity contribution in [1.82, 2.24) is 9.88 Å². The lowest BCUT2D eigenvalue weighted by atomic mass is 10.2. The standard InChI is InChI=1S/C14H20N2O/c1-3-16(4-2)9-10-17-13-6-5-12-7-8-15-14(12)11-13/h5-8,11,15H,3-4,9-10H2,1-2H3. The Kier molecular flexibility index (Phi) is 4.04. The average molecular weight is 232 g/mol. The molecule has 0 saturated carbocycles. The van der Waals surface area contributed by atoms with Crippen LogP contribution in [0.5, 0.6) is 5.75 Å². The van der Waals surface area contributed by atoms with E-state index in [1.54, 1.807) is 0 Å². The van der Waals surface area contributed by atoms with E-state index in [0.717, 1.165) is 37.5 Å². The van der Waals surface area contributed by atoms with E-state index < -0.39 is 0 Å². The minimum absolute atomic E-state index is 0.744. The molecule has 3 nitrogen and oxygen atoms in total. The predicted octanol–water partition coefficient (Wildman–Crippen LogP) is 2.89. The fourth-order valence-electron chi connectivity index (χ4n) is 1.95. The number of aromatic amines is 1. The van der Waals surface area contributed by atoms with Crippen LogP contribution in [0.4, 0.5) is 0 Å². The summed E-state index contributed by atoms with van der Waals surface area (Å²) in [5.74, 6) is 0.937. The minimum Gasteiger partial charge on any atom is -0.492 e. The van der Waals surface area contributed by atoms with Crippen LogP contribution < -0.4 is 4.74 Å². The van der Waals surface area contributed by atoms with Crippen molar-refractivity contribution in [1.29, 1.82) is 0 Å². The van der Waals surface area contributed by atoms with E-state index in [1.807, 2.05) is 12.3 Å². The summed E-state index contributed by atoms with van der Waals surface area (Å²) in [5, 5.41) is 1.22. The molecule has 2 rings (SSSR count). The lowest BCUT2D eigenvalue weighted by Gasteiger charge is -2.17. The van der Waals surface area contributed by atoms with Crippen LogP contribution in [0.15, 0.2) is 30.5 Å². The Hall–Kier alpha value is -1.48. The topological polar surface area (TPSA) is 28.3 Å². The van der Waals surface area contributed by atoms with Crippen LogP contribution in [0, 0.1) is 0 Å². The molecule has 0 aliphatic rings. The first-order valence-electron chi connectivity index (χ1n) is 6.25. The molecule has 1 aromatic carbocycles. The summed E-state index contributed by atoms with van der Waals surface area (Å²) in [6.07, 6.45) is 1.95. The van der Waals surface area contributed by atoms with Gasteiger partial charge in [-0.25, -0.2) is 0 Å². The van der Waals surface area contributed by atoms with Crippen LogP contribution in [0.25, 0.3) is 10.9 Å². The van der Waals surface area contributed by atoms with E-state index in [9.17, 15) is 0 Å². The SMILES string of the molecule is CCN(CC)CCOc1ccc2cc[nH]c2c1. The van der Waals surface area contributed by atoms with Crippen LogP contribution in [-0.4, -0.2) is 36.1 Å². The molecule has 0 amide bonds. The highest BCUT2D eigenvalue weighted by atomic mass is 16.5. The molecule has 0 aliphatic heterocycles. The van der Waals surface area contributed by atoms with Gasteiger partial charge in [0.2, 0.25) is 0 Å². The summed E-state index contributed by atoms with van der Waals surface area (Å²) >= 11 is 0. The third-order valence-electron chi connectivity index (χ3n) is 3.10. The number of nitrogens with zero attached hydrogens (tertiary/aromatic N) is 1. The van der Waals surface area contributed by atoms with Gasteiger partial charge in [-0.15, -0.1) is 0 Å². The van der Waals surface area contributed by atoms with Gasteiger partial charge in [0.1, 0.15) is 12.4 Å². The van der Waals surface area contributed by atoms with Gasteiger partial charge in [-0.2, -0.15) is 0 Å². The van der Waals surface area contributed by atoms with E-state index >= 15 is 0 Å².